The quantitative estimate of drug-likeness (QED) is 0.583. The van der Waals surface area contributed by atoms with Crippen molar-refractivity contribution in [2.24, 2.45) is 5.10 Å². The van der Waals surface area contributed by atoms with Crippen molar-refractivity contribution in [1.82, 2.24) is 5.43 Å². The number of nitrogens with one attached hydrogen (secondary N) is 1. The number of rotatable bonds is 5. The van der Waals surface area contributed by atoms with Gasteiger partial charge in [0.1, 0.15) is 17.2 Å². The van der Waals surface area contributed by atoms with Crippen LogP contribution in [0.3, 0.4) is 0 Å². The van der Waals surface area contributed by atoms with Crippen LogP contribution in [0, 0.1) is 13.8 Å². The van der Waals surface area contributed by atoms with E-state index in [0.717, 1.165) is 11.1 Å². The third-order valence-corrected chi connectivity index (χ3v) is 2.97. The van der Waals surface area contributed by atoms with Gasteiger partial charge in [0, 0.05) is 11.6 Å². The minimum absolute atomic E-state index is 0.0504. The number of phenolic OH excluding ortho intramolecular Hbond substituents is 2. The number of hydrogen-bond acceptors (Lipinski definition) is 5. The van der Waals surface area contributed by atoms with Gasteiger partial charge in [0.2, 0.25) is 0 Å². The summed E-state index contributed by atoms with van der Waals surface area (Å²) in [4.78, 5) is 11.7. The van der Waals surface area contributed by atoms with Crippen molar-refractivity contribution in [2.75, 3.05) is 6.61 Å². The Balaban J connectivity index is 1.86. The second-order valence-corrected chi connectivity index (χ2v) is 5.15. The number of carbonyl (C=O) groups excluding carboxylic acids is 1. The molecule has 1 amide bonds. The fourth-order valence-corrected chi connectivity index (χ4v) is 2.01. The number of aromatic hydroxyl groups is 2. The van der Waals surface area contributed by atoms with Gasteiger partial charge in [-0.3, -0.25) is 4.79 Å². The van der Waals surface area contributed by atoms with Crippen molar-refractivity contribution in [3.05, 3.63) is 53.1 Å². The first-order valence-electron chi connectivity index (χ1n) is 6.99. The van der Waals surface area contributed by atoms with E-state index in [-0.39, 0.29) is 18.1 Å². The third-order valence-electron chi connectivity index (χ3n) is 2.97. The number of carbonyl (C=O) groups is 1. The van der Waals surface area contributed by atoms with Crippen LogP contribution in [0.5, 0.6) is 17.2 Å². The molecule has 0 fully saturated rings. The van der Waals surface area contributed by atoms with Crippen molar-refractivity contribution in [1.29, 1.82) is 0 Å². The molecule has 2 aromatic rings. The SMILES string of the molecule is Cc1cc(C)cc(OCC(=O)N/N=C/c2ccc(O)cc2O)c1. The van der Waals surface area contributed by atoms with Gasteiger partial charge in [-0.25, -0.2) is 5.43 Å². The Morgan fingerprint density at radius 1 is 1.17 bits per heavy atom. The number of amides is 1. The van der Waals surface area contributed by atoms with Gasteiger partial charge >= 0.3 is 0 Å². The molecule has 0 spiro atoms. The van der Waals surface area contributed by atoms with Crippen molar-refractivity contribution >= 4 is 12.1 Å². The highest BCUT2D eigenvalue weighted by Crippen LogP contribution is 2.20. The molecule has 6 nitrogen and oxygen atoms in total. The molecule has 0 unspecified atom stereocenters. The minimum Gasteiger partial charge on any atom is -0.508 e. The summed E-state index contributed by atoms with van der Waals surface area (Å²) in [5.41, 5.74) is 4.79. The maximum Gasteiger partial charge on any atom is 0.277 e. The topological polar surface area (TPSA) is 91.2 Å². The standard InChI is InChI=1S/C17H18N2O4/c1-11-5-12(2)7-15(6-11)23-10-17(22)19-18-9-13-3-4-14(20)8-16(13)21/h3-9,20-21H,10H2,1-2H3,(H,19,22)/b18-9+. The van der Waals surface area contributed by atoms with E-state index in [1.165, 1.54) is 24.4 Å². The van der Waals surface area contributed by atoms with Gasteiger partial charge in [0.05, 0.1) is 6.21 Å². The molecule has 0 saturated carbocycles. The first-order valence-corrected chi connectivity index (χ1v) is 6.99. The van der Waals surface area contributed by atoms with Crippen molar-refractivity contribution in [3.63, 3.8) is 0 Å². The lowest BCUT2D eigenvalue weighted by atomic mass is 10.1. The molecular formula is C17H18N2O4. The highest BCUT2D eigenvalue weighted by molar-refractivity contribution is 5.85. The van der Waals surface area contributed by atoms with E-state index >= 15 is 0 Å². The van der Waals surface area contributed by atoms with Crippen LogP contribution in [0.4, 0.5) is 0 Å². The second-order valence-electron chi connectivity index (χ2n) is 5.15. The van der Waals surface area contributed by atoms with E-state index in [4.69, 9.17) is 4.74 Å². The first kappa shape index (κ1) is 16.4. The van der Waals surface area contributed by atoms with Gasteiger partial charge in [-0.05, 0) is 49.2 Å². The molecule has 120 valence electrons. The average Bonchev–Trinajstić information content (AvgIpc) is 2.46. The Kier molecular flexibility index (Phi) is 5.19. The van der Waals surface area contributed by atoms with E-state index in [0.29, 0.717) is 11.3 Å². The molecule has 0 bridgehead atoms. The summed E-state index contributed by atoms with van der Waals surface area (Å²) in [6, 6.07) is 9.78. The predicted octanol–water partition coefficient (Wildman–Crippen LogP) is 2.24. The lowest BCUT2D eigenvalue weighted by Gasteiger charge is -2.07. The zero-order valence-electron chi connectivity index (χ0n) is 12.9. The van der Waals surface area contributed by atoms with E-state index in [9.17, 15) is 15.0 Å². The molecule has 0 aromatic heterocycles. The number of hydrogen-bond donors (Lipinski definition) is 3. The van der Waals surface area contributed by atoms with Crippen molar-refractivity contribution in [3.8, 4) is 17.2 Å². The molecule has 2 aromatic carbocycles. The minimum atomic E-state index is -0.418. The van der Waals surface area contributed by atoms with Crippen LogP contribution in [0.15, 0.2) is 41.5 Å². The third kappa shape index (κ3) is 5.03. The number of ether oxygens (including phenoxy) is 1. The molecule has 6 heteroatoms. The van der Waals surface area contributed by atoms with Crippen molar-refractivity contribution in [2.45, 2.75) is 13.8 Å². The van der Waals surface area contributed by atoms with Crippen LogP contribution in [0.25, 0.3) is 0 Å². The Bertz CT molecular complexity index is 721. The average molecular weight is 314 g/mol. The van der Waals surface area contributed by atoms with E-state index in [1.807, 2.05) is 32.0 Å². The summed E-state index contributed by atoms with van der Waals surface area (Å²) in [6.45, 7) is 3.74. The zero-order chi connectivity index (χ0) is 16.8. The van der Waals surface area contributed by atoms with E-state index in [2.05, 4.69) is 10.5 Å². The molecule has 0 atom stereocenters. The maximum atomic E-state index is 11.7. The van der Waals surface area contributed by atoms with E-state index < -0.39 is 5.91 Å². The van der Waals surface area contributed by atoms with Crippen LogP contribution in [-0.2, 0) is 4.79 Å². The summed E-state index contributed by atoms with van der Waals surface area (Å²) < 4.78 is 5.40. The molecule has 0 aliphatic rings. The molecule has 0 aliphatic heterocycles. The summed E-state index contributed by atoms with van der Waals surface area (Å²) in [5, 5.41) is 22.5. The molecule has 0 aliphatic carbocycles. The summed E-state index contributed by atoms with van der Waals surface area (Å²) >= 11 is 0. The van der Waals surface area contributed by atoms with Crippen LogP contribution < -0.4 is 10.2 Å². The fraction of sp³-hybridized carbons (Fsp3) is 0.176. The number of aryl methyl sites for hydroxylation is 2. The number of benzene rings is 2. The second kappa shape index (κ2) is 7.31. The first-order chi connectivity index (χ1) is 10.9. The van der Waals surface area contributed by atoms with Crippen LogP contribution in [0.1, 0.15) is 16.7 Å². The smallest absolute Gasteiger partial charge is 0.277 e. The molecule has 23 heavy (non-hydrogen) atoms. The summed E-state index contributed by atoms with van der Waals surface area (Å²) in [6.07, 6.45) is 1.28. The lowest BCUT2D eigenvalue weighted by Crippen LogP contribution is -2.24. The van der Waals surface area contributed by atoms with Gasteiger partial charge in [0.25, 0.3) is 5.91 Å². The van der Waals surface area contributed by atoms with Gasteiger partial charge < -0.3 is 14.9 Å². The number of nitrogens with zero attached hydrogens (tertiary/aromatic N) is 1. The number of hydrazone groups is 1. The van der Waals surface area contributed by atoms with Gasteiger partial charge in [0.15, 0.2) is 6.61 Å². The van der Waals surface area contributed by atoms with Crippen LogP contribution in [0.2, 0.25) is 0 Å². The Morgan fingerprint density at radius 3 is 2.52 bits per heavy atom. The van der Waals surface area contributed by atoms with Gasteiger partial charge in [-0.1, -0.05) is 6.07 Å². The number of phenols is 2. The Labute approximate surface area is 134 Å². The molecule has 0 heterocycles. The highest BCUT2D eigenvalue weighted by Gasteiger charge is 2.03. The largest absolute Gasteiger partial charge is 0.508 e. The summed E-state index contributed by atoms with van der Waals surface area (Å²) in [7, 11) is 0. The zero-order valence-corrected chi connectivity index (χ0v) is 12.9. The molecule has 3 N–H and O–H groups in total. The molecular weight excluding hydrogens is 296 g/mol. The maximum absolute atomic E-state index is 11.7. The Morgan fingerprint density at radius 2 is 1.87 bits per heavy atom. The van der Waals surface area contributed by atoms with E-state index in [1.54, 1.807) is 0 Å². The molecule has 2 rings (SSSR count). The normalized spacial score (nSPS) is 10.7. The van der Waals surface area contributed by atoms with Gasteiger partial charge in [-0.15, -0.1) is 0 Å². The monoisotopic (exact) mass is 314 g/mol. The fourth-order valence-electron chi connectivity index (χ4n) is 2.01. The van der Waals surface area contributed by atoms with Gasteiger partial charge in [-0.2, -0.15) is 5.10 Å². The lowest BCUT2D eigenvalue weighted by molar-refractivity contribution is -0.123. The Hall–Kier alpha value is -3.02. The van der Waals surface area contributed by atoms with Crippen LogP contribution in [-0.4, -0.2) is 28.9 Å². The van der Waals surface area contributed by atoms with Crippen LogP contribution >= 0.6 is 0 Å². The molecule has 0 saturated heterocycles. The summed E-state index contributed by atoms with van der Waals surface area (Å²) in [5.74, 6) is 0.0245. The predicted molar refractivity (Wildman–Crippen MR) is 86.9 cm³/mol. The highest BCUT2D eigenvalue weighted by atomic mass is 16.5. The van der Waals surface area contributed by atoms with Crippen molar-refractivity contribution < 1.29 is 19.7 Å². The molecule has 0 radical (unpaired) electrons.